The molecular formula is C20H19N3. The van der Waals surface area contributed by atoms with Crippen molar-refractivity contribution in [2.75, 3.05) is 5.32 Å². The largest absolute Gasteiger partial charge is 0.380 e. The lowest BCUT2D eigenvalue weighted by Gasteiger charge is -2.12. The molecule has 2 aromatic carbocycles. The number of rotatable bonds is 3. The number of para-hydroxylation sites is 1. The number of aryl methyl sites for hydroxylation is 3. The Bertz CT molecular complexity index is 900. The smallest absolute Gasteiger partial charge is 0.101 e. The molecule has 0 bridgehead atoms. The maximum atomic E-state index is 9.28. The van der Waals surface area contributed by atoms with Crippen LogP contribution in [0.1, 0.15) is 27.9 Å². The zero-order chi connectivity index (χ0) is 16.4. The monoisotopic (exact) mass is 301 g/mol. The number of nitrogens with zero attached hydrogens (tertiary/aromatic N) is 2. The fourth-order valence-corrected chi connectivity index (χ4v) is 2.98. The second kappa shape index (κ2) is 6.10. The Balaban J connectivity index is 1.98. The molecule has 0 fully saturated rings. The quantitative estimate of drug-likeness (QED) is 0.766. The molecule has 0 aliphatic carbocycles. The van der Waals surface area contributed by atoms with Gasteiger partial charge in [-0.2, -0.15) is 5.26 Å². The van der Waals surface area contributed by atoms with Gasteiger partial charge in [-0.25, -0.2) is 0 Å². The van der Waals surface area contributed by atoms with Crippen molar-refractivity contribution < 1.29 is 0 Å². The number of aromatic nitrogens is 1. The minimum atomic E-state index is 0.612. The molecule has 0 spiro atoms. The summed E-state index contributed by atoms with van der Waals surface area (Å²) >= 11 is 0. The fraction of sp³-hybridized carbons (Fsp3) is 0.200. The number of hydrogen-bond donors (Lipinski definition) is 1. The van der Waals surface area contributed by atoms with E-state index in [1.807, 2.05) is 31.2 Å². The van der Waals surface area contributed by atoms with E-state index in [-0.39, 0.29) is 0 Å². The van der Waals surface area contributed by atoms with Gasteiger partial charge in [0.15, 0.2) is 0 Å². The highest BCUT2D eigenvalue weighted by Crippen LogP contribution is 2.26. The van der Waals surface area contributed by atoms with Gasteiger partial charge >= 0.3 is 0 Å². The summed E-state index contributed by atoms with van der Waals surface area (Å²) in [5.41, 5.74) is 7.08. The molecule has 0 unspecified atom stereocenters. The van der Waals surface area contributed by atoms with Crippen molar-refractivity contribution >= 4 is 16.6 Å². The molecule has 3 heteroatoms. The van der Waals surface area contributed by atoms with Crippen LogP contribution < -0.4 is 5.32 Å². The SMILES string of the molecule is Cc1cc(C)cc(CNc2cc(C)nc3c(C#N)cccc23)c1. The van der Waals surface area contributed by atoms with Gasteiger partial charge in [0.25, 0.3) is 0 Å². The number of hydrogen-bond acceptors (Lipinski definition) is 3. The Morgan fingerprint density at radius 1 is 1.04 bits per heavy atom. The standard InChI is InChI=1S/C20H19N3/c1-13-7-14(2)9-16(8-13)12-22-19-10-15(3)23-20-17(11-21)5-4-6-18(19)20/h4-10H,12H2,1-3H3,(H,22,23). The third kappa shape index (κ3) is 3.17. The Morgan fingerprint density at radius 3 is 2.48 bits per heavy atom. The fourth-order valence-electron chi connectivity index (χ4n) is 2.98. The van der Waals surface area contributed by atoms with Gasteiger partial charge in [0.05, 0.1) is 11.1 Å². The highest BCUT2D eigenvalue weighted by atomic mass is 14.9. The second-order valence-corrected chi connectivity index (χ2v) is 5.97. The van der Waals surface area contributed by atoms with Crippen LogP contribution in [-0.4, -0.2) is 4.98 Å². The lowest BCUT2D eigenvalue weighted by Crippen LogP contribution is -2.02. The van der Waals surface area contributed by atoms with Crippen LogP contribution in [0.25, 0.3) is 10.9 Å². The molecule has 0 aliphatic heterocycles. The number of benzene rings is 2. The van der Waals surface area contributed by atoms with E-state index in [1.54, 1.807) is 0 Å². The van der Waals surface area contributed by atoms with Gasteiger partial charge in [0.1, 0.15) is 6.07 Å². The van der Waals surface area contributed by atoms with Crippen LogP contribution >= 0.6 is 0 Å². The molecule has 0 radical (unpaired) electrons. The van der Waals surface area contributed by atoms with E-state index >= 15 is 0 Å². The number of nitriles is 1. The average Bonchev–Trinajstić information content (AvgIpc) is 2.51. The number of pyridine rings is 1. The molecular weight excluding hydrogens is 282 g/mol. The third-order valence-corrected chi connectivity index (χ3v) is 3.85. The minimum absolute atomic E-state index is 0.612. The lowest BCUT2D eigenvalue weighted by atomic mass is 10.1. The first-order valence-electron chi connectivity index (χ1n) is 7.68. The normalized spacial score (nSPS) is 10.5. The van der Waals surface area contributed by atoms with Gasteiger partial charge in [-0.05, 0) is 38.5 Å². The highest BCUT2D eigenvalue weighted by molar-refractivity contribution is 5.94. The number of anilines is 1. The Hall–Kier alpha value is -2.86. The van der Waals surface area contributed by atoms with Crippen molar-refractivity contribution in [3.05, 3.63) is 70.4 Å². The zero-order valence-electron chi connectivity index (χ0n) is 13.6. The van der Waals surface area contributed by atoms with Crippen molar-refractivity contribution in [3.63, 3.8) is 0 Å². The highest BCUT2D eigenvalue weighted by Gasteiger charge is 2.08. The third-order valence-electron chi connectivity index (χ3n) is 3.85. The van der Waals surface area contributed by atoms with Crippen molar-refractivity contribution in [1.82, 2.24) is 4.98 Å². The molecule has 0 amide bonds. The summed E-state index contributed by atoms with van der Waals surface area (Å²) in [5, 5.41) is 13.8. The van der Waals surface area contributed by atoms with Crippen molar-refractivity contribution in [2.24, 2.45) is 0 Å². The maximum Gasteiger partial charge on any atom is 0.101 e. The molecule has 0 saturated carbocycles. The summed E-state index contributed by atoms with van der Waals surface area (Å²) in [6, 6.07) is 16.5. The van der Waals surface area contributed by atoms with E-state index in [4.69, 9.17) is 0 Å². The Morgan fingerprint density at radius 2 is 1.78 bits per heavy atom. The molecule has 0 saturated heterocycles. The summed E-state index contributed by atoms with van der Waals surface area (Å²) in [6.07, 6.45) is 0. The zero-order valence-corrected chi connectivity index (χ0v) is 13.6. The van der Waals surface area contributed by atoms with Gasteiger partial charge in [0.2, 0.25) is 0 Å². The van der Waals surface area contributed by atoms with Crippen molar-refractivity contribution in [3.8, 4) is 6.07 Å². The lowest BCUT2D eigenvalue weighted by molar-refractivity contribution is 1.13. The van der Waals surface area contributed by atoms with Crippen molar-refractivity contribution in [2.45, 2.75) is 27.3 Å². The molecule has 0 atom stereocenters. The summed E-state index contributed by atoms with van der Waals surface area (Å²) in [7, 11) is 0. The van der Waals surface area contributed by atoms with E-state index < -0.39 is 0 Å². The maximum absolute atomic E-state index is 9.28. The summed E-state index contributed by atoms with van der Waals surface area (Å²) < 4.78 is 0. The van der Waals surface area contributed by atoms with Gasteiger partial charge in [-0.15, -0.1) is 0 Å². The first-order valence-corrected chi connectivity index (χ1v) is 7.68. The van der Waals surface area contributed by atoms with Crippen LogP contribution in [0.2, 0.25) is 0 Å². The molecule has 1 N–H and O–H groups in total. The summed E-state index contributed by atoms with van der Waals surface area (Å²) in [5.74, 6) is 0. The van der Waals surface area contributed by atoms with E-state index in [9.17, 15) is 5.26 Å². The first-order chi connectivity index (χ1) is 11.1. The molecule has 23 heavy (non-hydrogen) atoms. The summed E-state index contributed by atoms with van der Waals surface area (Å²) in [4.78, 5) is 4.53. The molecule has 3 nitrogen and oxygen atoms in total. The van der Waals surface area contributed by atoms with E-state index in [0.717, 1.165) is 28.8 Å². The minimum Gasteiger partial charge on any atom is -0.380 e. The topological polar surface area (TPSA) is 48.7 Å². The Labute approximate surface area is 136 Å². The molecule has 3 aromatic rings. The van der Waals surface area contributed by atoms with Gasteiger partial charge in [-0.1, -0.05) is 41.5 Å². The second-order valence-electron chi connectivity index (χ2n) is 5.97. The van der Waals surface area contributed by atoms with Crippen LogP contribution in [0.4, 0.5) is 5.69 Å². The summed E-state index contributed by atoms with van der Waals surface area (Å²) in [6.45, 7) is 6.93. The molecule has 1 heterocycles. The predicted octanol–water partition coefficient (Wildman–Crippen LogP) is 4.64. The molecule has 0 aliphatic rings. The van der Waals surface area contributed by atoms with Gasteiger partial charge in [-0.3, -0.25) is 4.98 Å². The van der Waals surface area contributed by atoms with E-state index in [1.165, 1.54) is 16.7 Å². The van der Waals surface area contributed by atoms with Crippen LogP contribution in [0.3, 0.4) is 0 Å². The first kappa shape index (κ1) is 15.1. The number of fused-ring (bicyclic) bond motifs is 1. The van der Waals surface area contributed by atoms with Crippen LogP contribution in [0.5, 0.6) is 0 Å². The average molecular weight is 301 g/mol. The van der Waals surface area contributed by atoms with Crippen LogP contribution in [0, 0.1) is 32.1 Å². The van der Waals surface area contributed by atoms with E-state index in [2.05, 4.69) is 48.4 Å². The predicted molar refractivity (Wildman–Crippen MR) is 94.4 cm³/mol. The van der Waals surface area contributed by atoms with Gasteiger partial charge < -0.3 is 5.32 Å². The molecule has 3 rings (SSSR count). The number of nitrogens with one attached hydrogen (secondary N) is 1. The molecule has 114 valence electrons. The van der Waals surface area contributed by atoms with Crippen molar-refractivity contribution in [1.29, 1.82) is 5.26 Å². The van der Waals surface area contributed by atoms with E-state index in [0.29, 0.717) is 5.56 Å². The molecule has 1 aromatic heterocycles. The van der Waals surface area contributed by atoms with Gasteiger partial charge in [0, 0.05) is 23.3 Å². The van der Waals surface area contributed by atoms with Crippen LogP contribution in [0.15, 0.2) is 42.5 Å². The van der Waals surface area contributed by atoms with Crippen LogP contribution in [-0.2, 0) is 6.54 Å². The Kier molecular flexibility index (Phi) is 3.99.